The molecule has 1 atom stereocenters. The maximum Gasteiger partial charge on any atom is 0.0204 e. The second-order valence-corrected chi connectivity index (χ2v) is 4.80. The van der Waals surface area contributed by atoms with E-state index in [1.165, 1.54) is 45.4 Å². The fourth-order valence-electron chi connectivity index (χ4n) is 2.71. The Hall–Kier alpha value is -0.120. The topological polar surface area (TPSA) is 18.5 Å². The Morgan fingerprint density at radius 3 is 2.36 bits per heavy atom. The molecule has 2 saturated heterocycles. The zero-order valence-corrected chi connectivity index (χ0v) is 9.50. The molecule has 0 aromatic rings. The van der Waals surface area contributed by atoms with E-state index in [9.17, 15) is 0 Å². The van der Waals surface area contributed by atoms with Gasteiger partial charge in [0.05, 0.1) is 0 Å². The molecular weight excluding hydrogens is 174 g/mol. The highest BCUT2D eigenvalue weighted by molar-refractivity contribution is 4.87. The normalized spacial score (nSPS) is 32.6. The van der Waals surface area contributed by atoms with Gasteiger partial charge in [-0.3, -0.25) is 4.90 Å². The fraction of sp³-hybridized carbons (Fsp3) is 1.00. The average Bonchev–Trinajstić information content (AvgIpc) is 2.67. The van der Waals surface area contributed by atoms with Crippen LogP contribution >= 0.6 is 0 Å². The Morgan fingerprint density at radius 2 is 1.79 bits per heavy atom. The zero-order chi connectivity index (χ0) is 9.97. The van der Waals surface area contributed by atoms with E-state index >= 15 is 0 Å². The van der Waals surface area contributed by atoms with Crippen LogP contribution < -0.4 is 5.32 Å². The van der Waals surface area contributed by atoms with Crippen molar-refractivity contribution in [2.45, 2.75) is 31.3 Å². The molecule has 2 aliphatic rings. The molecule has 0 saturated carbocycles. The molecule has 3 nitrogen and oxygen atoms in total. The third kappa shape index (κ3) is 2.27. The van der Waals surface area contributed by atoms with E-state index in [1.54, 1.807) is 0 Å². The maximum atomic E-state index is 3.39. The van der Waals surface area contributed by atoms with Crippen LogP contribution in [0.15, 0.2) is 0 Å². The van der Waals surface area contributed by atoms with Gasteiger partial charge in [0.15, 0.2) is 0 Å². The molecule has 0 unspecified atom stereocenters. The van der Waals surface area contributed by atoms with Crippen LogP contribution in [0.25, 0.3) is 0 Å². The molecule has 2 rings (SSSR count). The molecule has 0 radical (unpaired) electrons. The standard InChI is InChI=1S/C11H23N3/c1-12-10-3-8-14(9-10)11-4-6-13(2)7-5-11/h10-12H,3-9H2,1-2H3/t10-/m1/s1. The highest BCUT2D eigenvalue weighted by atomic mass is 15.2. The van der Waals surface area contributed by atoms with Crippen molar-refractivity contribution in [3.63, 3.8) is 0 Å². The lowest BCUT2D eigenvalue weighted by atomic mass is 10.0. The third-order valence-corrected chi connectivity index (χ3v) is 3.83. The number of hydrogen-bond acceptors (Lipinski definition) is 3. The summed E-state index contributed by atoms with van der Waals surface area (Å²) in [4.78, 5) is 5.14. The predicted molar refractivity (Wildman–Crippen MR) is 59.6 cm³/mol. The predicted octanol–water partition coefficient (Wildman–Crippen LogP) is 0.374. The Balaban J connectivity index is 1.79. The van der Waals surface area contributed by atoms with Gasteiger partial charge in [0.2, 0.25) is 0 Å². The van der Waals surface area contributed by atoms with Gasteiger partial charge in [0.1, 0.15) is 0 Å². The largest absolute Gasteiger partial charge is 0.316 e. The van der Waals surface area contributed by atoms with Gasteiger partial charge < -0.3 is 10.2 Å². The first-order chi connectivity index (χ1) is 6.79. The van der Waals surface area contributed by atoms with Crippen molar-refractivity contribution in [1.29, 1.82) is 0 Å². The number of rotatable bonds is 2. The van der Waals surface area contributed by atoms with Crippen molar-refractivity contribution in [2.75, 3.05) is 40.3 Å². The molecular formula is C11H23N3. The van der Waals surface area contributed by atoms with Gasteiger partial charge in [0, 0.05) is 25.2 Å². The highest BCUT2D eigenvalue weighted by Gasteiger charge is 2.28. The van der Waals surface area contributed by atoms with E-state index < -0.39 is 0 Å². The van der Waals surface area contributed by atoms with Crippen LogP contribution in [0.1, 0.15) is 19.3 Å². The first-order valence-corrected chi connectivity index (χ1v) is 5.89. The van der Waals surface area contributed by atoms with Crippen LogP contribution in [0.3, 0.4) is 0 Å². The smallest absolute Gasteiger partial charge is 0.0204 e. The Kier molecular flexibility index (Phi) is 3.42. The van der Waals surface area contributed by atoms with E-state index in [0.29, 0.717) is 0 Å². The van der Waals surface area contributed by atoms with Gasteiger partial charge >= 0.3 is 0 Å². The summed E-state index contributed by atoms with van der Waals surface area (Å²) in [6.45, 7) is 5.14. The Morgan fingerprint density at radius 1 is 1.07 bits per heavy atom. The molecule has 0 aliphatic carbocycles. The van der Waals surface area contributed by atoms with Crippen molar-refractivity contribution >= 4 is 0 Å². The van der Waals surface area contributed by atoms with Crippen LogP contribution in [-0.4, -0.2) is 62.2 Å². The van der Waals surface area contributed by atoms with Crippen molar-refractivity contribution in [2.24, 2.45) is 0 Å². The van der Waals surface area contributed by atoms with Gasteiger partial charge in [-0.1, -0.05) is 0 Å². The number of likely N-dealkylation sites (tertiary alicyclic amines) is 2. The van der Waals surface area contributed by atoms with Crippen molar-refractivity contribution in [3.8, 4) is 0 Å². The molecule has 14 heavy (non-hydrogen) atoms. The minimum Gasteiger partial charge on any atom is -0.316 e. The summed E-state index contributed by atoms with van der Waals surface area (Å²) in [6.07, 6.45) is 4.07. The van der Waals surface area contributed by atoms with Crippen molar-refractivity contribution in [1.82, 2.24) is 15.1 Å². The average molecular weight is 197 g/mol. The van der Waals surface area contributed by atoms with E-state index in [1.807, 2.05) is 0 Å². The maximum absolute atomic E-state index is 3.39. The summed E-state index contributed by atoms with van der Waals surface area (Å²) < 4.78 is 0. The lowest BCUT2D eigenvalue weighted by Gasteiger charge is -2.35. The van der Waals surface area contributed by atoms with Gasteiger partial charge in [-0.2, -0.15) is 0 Å². The lowest BCUT2D eigenvalue weighted by molar-refractivity contribution is 0.141. The fourth-order valence-corrected chi connectivity index (χ4v) is 2.71. The lowest BCUT2D eigenvalue weighted by Crippen LogP contribution is -2.43. The van der Waals surface area contributed by atoms with E-state index in [0.717, 1.165) is 12.1 Å². The van der Waals surface area contributed by atoms with E-state index in [-0.39, 0.29) is 0 Å². The van der Waals surface area contributed by atoms with Crippen LogP contribution in [0, 0.1) is 0 Å². The summed E-state index contributed by atoms with van der Waals surface area (Å²) in [5, 5.41) is 3.39. The monoisotopic (exact) mass is 197 g/mol. The van der Waals surface area contributed by atoms with E-state index in [4.69, 9.17) is 0 Å². The summed E-state index contributed by atoms with van der Waals surface area (Å²) in [7, 11) is 4.32. The van der Waals surface area contributed by atoms with Crippen LogP contribution in [0.2, 0.25) is 0 Å². The minimum absolute atomic E-state index is 0.745. The summed E-state index contributed by atoms with van der Waals surface area (Å²) in [5.74, 6) is 0. The van der Waals surface area contributed by atoms with Crippen LogP contribution in [-0.2, 0) is 0 Å². The molecule has 3 heteroatoms. The van der Waals surface area contributed by atoms with Gasteiger partial charge in [0.25, 0.3) is 0 Å². The van der Waals surface area contributed by atoms with Crippen molar-refractivity contribution < 1.29 is 0 Å². The van der Waals surface area contributed by atoms with E-state index in [2.05, 4.69) is 29.2 Å². The Labute approximate surface area is 87.4 Å². The first-order valence-electron chi connectivity index (χ1n) is 5.89. The second-order valence-electron chi connectivity index (χ2n) is 4.80. The van der Waals surface area contributed by atoms with Gasteiger partial charge in [-0.05, 0) is 46.4 Å². The number of hydrogen-bond donors (Lipinski definition) is 1. The number of piperidine rings is 1. The first kappa shape index (κ1) is 10.4. The van der Waals surface area contributed by atoms with Crippen LogP contribution in [0.5, 0.6) is 0 Å². The minimum atomic E-state index is 0.745. The molecule has 2 fully saturated rings. The number of nitrogens with zero attached hydrogens (tertiary/aromatic N) is 2. The molecule has 2 heterocycles. The van der Waals surface area contributed by atoms with Crippen LogP contribution in [0.4, 0.5) is 0 Å². The summed E-state index contributed by atoms with van der Waals surface area (Å²) >= 11 is 0. The van der Waals surface area contributed by atoms with Gasteiger partial charge in [-0.15, -0.1) is 0 Å². The SMILES string of the molecule is CN[C@@H]1CCN(C2CCN(C)CC2)C1. The Bertz CT molecular complexity index is 175. The molecule has 0 amide bonds. The molecule has 1 N–H and O–H groups in total. The summed E-state index contributed by atoms with van der Waals surface area (Å²) in [5.41, 5.74) is 0. The molecule has 0 bridgehead atoms. The molecule has 0 aromatic heterocycles. The number of likely N-dealkylation sites (N-methyl/N-ethyl adjacent to an activating group) is 1. The second kappa shape index (κ2) is 4.60. The number of nitrogens with one attached hydrogen (secondary N) is 1. The van der Waals surface area contributed by atoms with Crippen molar-refractivity contribution in [3.05, 3.63) is 0 Å². The third-order valence-electron chi connectivity index (χ3n) is 3.83. The molecule has 82 valence electrons. The summed E-state index contributed by atoms with van der Waals surface area (Å²) in [6, 6.07) is 1.61. The quantitative estimate of drug-likeness (QED) is 0.690. The molecule has 2 aliphatic heterocycles. The molecule has 0 spiro atoms. The molecule has 0 aromatic carbocycles. The van der Waals surface area contributed by atoms with Gasteiger partial charge in [-0.25, -0.2) is 0 Å². The zero-order valence-electron chi connectivity index (χ0n) is 9.50. The highest BCUT2D eigenvalue weighted by Crippen LogP contribution is 2.20.